The second-order valence-corrected chi connectivity index (χ2v) is 9.08. The molecule has 0 amide bonds. The summed E-state index contributed by atoms with van der Waals surface area (Å²) in [7, 11) is 1.98. The molecule has 4 aromatic rings. The maximum Gasteiger partial charge on any atom is 0.213 e. The number of nitrogens with zero attached hydrogens (tertiary/aromatic N) is 3. The number of aliphatic hydroxyl groups excluding tert-OH is 1. The first-order valence-electron chi connectivity index (χ1n) is 9.04. The normalized spacial score (nSPS) is 12.2. The van der Waals surface area contributed by atoms with Crippen molar-refractivity contribution < 1.29 is 5.11 Å². The standard InChI is InChI=1S/C20H20ClN5OS2/c1-26(18-11-23-16-8-4-2-6-14(16)18)19-24-25-20(29-19)28-12-13(27)10-22-17-9-5-3-7-15(17)21/h2-9,11,13,22-23,27H,10,12H2,1H3/t13-/m0/s1. The van der Waals surface area contributed by atoms with Gasteiger partial charge in [-0.2, -0.15) is 0 Å². The van der Waals surface area contributed by atoms with Crippen molar-refractivity contribution in [1.82, 2.24) is 15.2 Å². The maximum atomic E-state index is 10.3. The molecule has 0 aliphatic rings. The summed E-state index contributed by atoms with van der Waals surface area (Å²) < 4.78 is 0.823. The summed E-state index contributed by atoms with van der Waals surface area (Å²) in [4.78, 5) is 5.30. The van der Waals surface area contributed by atoms with Crippen molar-refractivity contribution >= 4 is 62.1 Å². The van der Waals surface area contributed by atoms with E-state index in [1.165, 1.54) is 23.1 Å². The number of anilines is 3. The van der Waals surface area contributed by atoms with E-state index in [-0.39, 0.29) is 0 Å². The number of hydrogen-bond acceptors (Lipinski definition) is 7. The predicted molar refractivity (Wildman–Crippen MR) is 123 cm³/mol. The van der Waals surface area contributed by atoms with E-state index < -0.39 is 6.10 Å². The van der Waals surface area contributed by atoms with E-state index in [0.29, 0.717) is 17.3 Å². The number of nitrogens with one attached hydrogen (secondary N) is 2. The smallest absolute Gasteiger partial charge is 0.213 e. The van der Waals surface area contributed by atoms with Gasteiger partial charge in [-0.1, -0.05) is 65.0 Å². The quantitative estimate of drug-likeness (QED) is 0.331. The van der Waals surface area contributed by atoms with Crippen LogP contribution in [0.25, 0.3) is 10.9 Å². The second kappa shape index (κ2) is 9.04. The maximum absolute atomic E-state index is 10.3. The molecule has 0 aliphatic heterocycles. The first kappa shape index (κ1) is 20.0. The molecule has 2 aromatic carbocycles. The van der Waals surface area contributed by atoms with Crippen LogP contribution in [-0.2, 0) is 0 Å². The molecule has 3 N–H and O–H groups in total. The molecular formula is C20H20ClN5OS2. The Balaban J connectivity index is 1.34. The first-order chi connectivity index (χ1) is 14.1. The summed E-state index contributed by atoms with van der Waals surface area (Å²) in [5, 5.41) is 24.6. The van der Waals surface area contributed by atoms with Crippen molar-refractivity contribution in [3.63, 3.8) is 0 Å². The SMILES string of the molecule is CN(c1nnc(SC[C@@H](O)CNc2ccccc2Cl)s1)c1c[nH]c2ccccc12. The Labute approximate surface area is 181 Å². The highest BCUT2D eigenvalue weighted by molar-refractivity contribution is 8.01. The van der Waals surface area contributed by atoms with Gasteiger partial charge in [-0.15, -0.1) is 10.2 Å². The summed E-state index contributed by atoms with van der Waals surface area (Å²) in [6.07, 6.45) is 1.44. The van der Waals surface area contributed by atoms with Crippen LogP contribution >= 0.6 is 34.7 Å². The van der Waals surface area contributed by atoms with Gasteiger partial charge in [0, 0.05) is 36.4 Å². The number of fused-ring (bicyclic) bond motifs is 1. The Hall–Kier alpha value is -2.26. The van der Waals surface area contributed by atoms with E-state index in [0.717, 1.165) is 31.7 Å². The zero-order chi connectivity index (χ0) is 20.2. The van der Waals surface area contributed by atoms with Gasteiger partial charge in [-0.25, -0.2) is 0 Å². The van der Waals surface area contributed by atoms with E-state index in [9.17, 15) is 5.11 Å². The van der Waals surface area contributed by atoms with Crippen LogP contribution in [0.2, 0.25) is 5.02 Å². The van der Waals surface area contributed by atoms with Gasteiger partial charge >= 0.3 is 0 Å². The number of rotatable bonds is 8. The number of hydrogen-bond donors (Lipinski definition) is 3. The Morgan fingerprint density at radius 2 is 2.00 bits per heavy atom. The van der Waals surface area contributed by atoms with Crippen molar-refractivity contribution in [1.29, 1.82) is 0 Å². The van der Waals surface area contributed by atoms with Crippen LogP contribution in [0.5, 0.6) is 0 Å². The molecule has 6 nitrogen and oxygen atoms in total. The predicted octanol–water partition coefficient (Wildman–Crippen LogP) is 5.01. The van der Waals surface area contributed by atoms with Crippen molar-refractivity contribution in [2.45, 2.75) is 10.4 Å². The molecule has 0 saturated carbocycles. The third-order valence-corrected chi connectivity index (χ3v) is 7.02. The second-order valence-electron chi connectivity index (χ2n) is 6.45. The third kappa shape index (κ3) is 4.67. The van der Waals surface area contributed by atoms with E-state index >= 15 is 0 Å². The Bertz CT molecular complexity index is 1100. The number of aliphatic hydroxyl groups is 1. The monoisotopic (exact) mass is 445 g/mol. The number of H-pyrrole nitrogens is 1. The van der Waals surface area contributed by atoms with E-state index in [1.807, 2.05) is 60.6 Å². The summed E-state index contributed by atoms with van der Waals surface area (Å²) >= 11 is 9.12. The molecule has 0 fully saturated rings. The highest BCUT2D eigenvalue weighted by Gasteiger charge is 2.15. The first-order valence-corrected chi connectivity index (χ1v) is 11.2. The molecular weight excluding hydrogens is 426 g/mol. The fourth-order valence-electron chi connectivity index (χ4n) is 2.89. The minimum atomic E-state index is -0.532. The number of thioether (sulfide) groups is 1. The molecule has 4 rings (SSSR count). The topological polar surface area (TPSA) is 77.1 Å². The number of para-hydroxylation sites is 2. The van der Waals surface area contributed by atoms with Crippen LogP contribution in [0.4, 0.5) is 16.5 Å². The van der Waals surface area contributed by atoms with Gasteiger partial charge in [0.05, 0.1) is 22.5 Å². The van der Waals surface area contributed by atoms with Gasteiger partial charge in [0.2, 0.25) is 5.13 Å². The molecule has 0 saturated heterocycles. The molecule has 9 heteroatoms. The van der Waals surface area contributed by atoms with Crippen LogP contribution in [0, 0.1) is 0 Å². The molecule has 0 unspecified atom stereocenters. The van der Waals surface area contributed by atoms with Gasteiger partial charge in [0.1, 0.15) is 0 Å². The largest absolute Gasteiger partial charge is 0.390 e. The molecule has 150 valence electrons. The Morgan fingerprint density at radius 1 is 1.21 bits per heavy atom. The fourth-order valence-corrected chi connectivity index (χ4v) is 4.86. The van der Waals surface area contributed by atoms with Crippen LogP contribution in [0.1, 0.15) is 0 Å². The molecule has 2 heterocycles. The minimum Gasteiger partial charge on any atom is -0.390 e. The molecule has 29 heavy (non-hydrogen) atoms. The zero-order valence-corrected chi connectivity index (χ0v) is 18.1. The lowest BCUT2D eigenvalue weighted by molar-refractivity contribution is 0.213. The number of aromatic nitrogens is 3. The molecule has 0 radical (unpaired) electrons. The van der Waals surface area contributed by atoms with Crippen molar-refractivity contribution in [2.24, 2.45) is 0 Å². The van der Waals surface area contributed by atoms with Gasteiger partial charge in [-0.3, -0.25) is 0 Å². The van der Waals surface area contributed by atoms with Crippen LogP contribution in [0.15, 0.2) is 59.1 Å². The summed E-state index contributed by atoms with van der Waals surface area (Å²) in [6.45, 7) is 0.414. The molecule has 1 atom stereocenters. The summed E-state index contributed by atoms with van der Waals surface area (Å²) in [6, 6.07) is 15.6. The average molecular weight is 446 g/mol. The van der Waals surface area contributed by atoms with E-state index in [4.69, 9.17) is 11.6 Å². The molecule has 0 bridgehead atoms. The fraction of sp³-hybridized carbons (Fsp3) is 0.200. The third-order valence-electron chi connectivity index (χ3n) is 4.41. The lowest BCUT2D eigenvalue weighted by Gasteiger charge is -2.13. The van der Waals surface area contributed by atoms with Crippen molar-refractivity contribution in [2.75, 3.05) is 29.6 Å². The zero-order valence-electron chi connectivity index (χ0n) is 15.7. The summed E-state index contributed by atoms with van der Waals surface area (Å²) in [5.74, 6) is 0.517. The summed E-state index contributed by atoms with van der Waals surface area (Å²) in [5.41, 5.74) is 2.96. The highest BCUT2D eigenvalue weighted by Crippen LogP contribution is 2.35. The number of benzene rings is 2. The minimum absolute atomic E-state index is 0.414. The number of aromatic amines is 1. The Morgan fingerprint density at radius 3 is 2.86 bits per heavy atom. The number of halogens is 1. The van der Waals surface area contributed by atoms with Gasteiger partial charge in [-0.05, 0) is 18.2 Å². The van der Waals surface area contributed by atoms with Crippen molar-refractivity contribution in [3.05, 3.63) is 59.8 Å². The molecule has 0 aliphatic carbocycles. The Kier molecular flexibility index (Phi) is 6.25. The lowest BCUT2D eigenvalue weighted by atomic mass is 10.2. The van der Waals surface area contributed by atoms with Gasteiger partial charge in [0.15, 0.2) is 4.34 Å². The van der Waals surface area contributed by atoms with Crippen molar-refractivity contribution in [3.8, 4) is 0 Å². The molecule has 2 aromatic heterocycles. The van der Waals surface area contributed by atoms with Crippen LogP contribution in [0.3, 0.4) is 0 Å². The lowest BCUT2D eigenvalue weighted by Crippen LogP contribution is -2.21. The highest BCUT2D eigenvalue weighted by atomic mass is 35.5. The van der Waals surface area contributed by atoms with Gasteiger partial charge in [0.25, 0.3) is 0 Å². The van der Waals surface area contributed by atoms with Crippen LogP contribution in [-0.4, -0.2) is 45.7 Å². The molecule has 0 spiro atoms. The van der Waals surface area contributed by atoms with E-state index in [1.54, 1.807) is 0 Å². The van der Waals surface area contributed by atoms with Gasteiger partial charge < -0.3 is 20.3 Å². The van der Waals surface area contributed by atoms with Crippen LogP contribution < -0.4 is 10.2 Å². The average Bonchev–Trinajstić information content (AvgIpc) is 3.38. The van der Waals surface area contributed by atoms with E-state index in [2.05, 4.69) is 26.6 Å².